The van der Waals surface area contributed by atoms with Crippen LogP contribution in [0.4, 0.5) is 0 Å². The van der Waals surface area contributed by atoms with E-state index in [0.717, 1.165) is 5.56 Å². The molecule has 5 N–H and O–H groups in total. The fraction of sp³-hybridized carbons (Fsp3) is 0.529. The lowest BCUT2D eigenvalue weighted by Gasteiger charge is -2.19. The molecule has 0 fully saturated rings. The maximum atomic E-state index is 10.4. The summed E-state index contributed by atoms with van der Waals surface area (Å²) >= 11 is 0. The first-order chi connectivity index (χ1) is 11.2. The van der Waals surface area contributed by atoms with Gasteiger partial charge in [0.1, 0.15) is 16.8 Å². The van der Waals surface area contributed by atoms with Crippen molar-refractivity contribution in [1.82, 2.24) is 0 Å². The molecule has 0 bridgehead atoms. The van der Waals surface area contributed by atoms with Gasteiger partial charge >= 0.3 is 0 Å². The Bertz CT molecular complexity index is 556. The van der Waals surface area contributed by atoms with Crippen LogP contribution in [0.15, 0.2) is 22.1 Å². The fourth-order valence-corrected chi connectivity index (χ4v) is 1.75. The summed E-state index contributed by atoms with van der Waals surface area (Å²) in [6, 6.07) is 3.42. The van der Waals surface area contributed by atoms with E-state index in [1.54, 1.807) is 26.0 Å². The van der Waals surface area contributed by atoms with Crippen molar-refractivity contribution in [2.24, 2.45) is 9.98 Å². The highest BCUT2D eigenvalue weighted by Crippen LogP contribution is 2.23. The van der Waals surface area contributed by atoms with Gasteiger partial charge in [-0.25, -0.2) is 0 Å². The van der Waals surface area contributed by atoms with E-state index in [4.69, 9.17) is 0 Å². The molecule has 0 aromatic heterocycles. The van der Waals surface area contributed by atoms with Crippen LogP contribution in [-0.2, 0) is 0 Å². The zero-order valence-corrected chi connectivity index (χ0v) is 14.3. The number of benzene rings is 1. The summed E-state index contributed by atoms with van der Waals surface area (Å²) in [6.07, 6.45) is 2.78. The van der Waals surface area contributed by atoms with Crippen molar-refractivity contribution in [2.75, 3.05) is 26.4 Å². The lowest BCUT2D eigenvalue weighted by Crippen LogP contribution is -2.31. The van der Waals surface area contributed by atoms with E-state index < -0.39 is 11.1 Å². The Morgan fingerprint density at radius 2 is 1.17 bits per heavy atom. The van der Waals surface area contributed by atoms with Crippen LogP contribution in [0.3, 0.4) is 0 Å². The zero-order chi connectivity index (χ0) is 18.4. The third-order valence-corrected chi connectivity index (χ3v) is 3.71. The molecule has 0 saturated carbocycles. The predicted molar refractivity (Wildman–Crippen MR) is 93.2 cm³/mol. The van der Waals surface area contributed by atoms with Crippen LogP contribution in [0.1, 0.15) is 30.5 Å². The van der Waals surface area contributed by atoms with Gasteiger partial charge in [0.25, 0.3) is 0 Å². The summed E-state index contributed by atoms with van der Waals surface area (Å²) in [6.45, 7) is 3.71. The number of aryl methyl sites for hydroxylation is 1. The average molecular weight is 338 g/mol. The molecular formula is C17H26N2O5. The van der Waals surface area contributed by atoms with E-state index in [9.17, 15) is 25.5 Å². The third-order valence-electron chi connectivity index (χ3n) is 3.71. The van der Waals surface area contributed by atoms with Gasteiger partial charge in [0.05, 0.1) is 26.4 Å². The number of aliphatic hydroxyl groups excluding tert-OH is 4. The fourth-order valence-electron chi connectivity index (χ4n) is 1.75. The van der Waals surface area contributed by atoms with Gasteiger partial charge in [-0.2, -0.15) is 0 Å². The SMILES string of the molecule is Cc1cc(C=NC(C)(CO)CO)c(O)c(C=NC(C)(CO)CO)c1. The average Bonchev–Trinajstić information content (AvgIpc) is 2.60. The van der Waals surface area contributed by atoms with Gasteiger partial charge in [-0.3, -0.25) is 9.98 Å². The molecule has 134 valence electrons. The van der Waals surface area contributed by atoms with Gasteiger partial charge in [0.15, 0.2) is 0 Å². The molecule has 7 nitrogen and oxygen atoms in total. The van der Waals surface area contributed by atoms with Gasteiger partial charge in [0.2, 0.25) is 0 Å². The number of aliphatic imine (C=N–C) groups is 2. The minimum Gasteiger partial charge on any atom is -0.507 e. The van der Waals surface area contributed by atoms with Crippen LogP contribution < -0.4 is 0 Å². The van der Waals surface area contributed by atoms with E-state index in [0.29, 0.717) is 11.1 Å². The molecule has 0 heterocycles. The number of phenolic OH excluding ortho intramolecular Hbond substituents is 1. The Morgan fingerprint density at radius 3 is 1.46 bits per heavy atom. The summed E-state index contributed by atoms with van der Waals surface area (Å²) in [4.78, 5) is 8.28. The van der Waals surface area contributed by atoms with Crippen LogP contribution in [0, 0.1) is 6.92 Å². The minimum absolute atomic E-state index is 0.0652. The molecule has 0 unspecified atom stereocenters. The number of aromatic hydroxyl groups is 1. The molecule has 0 aliphatic rings. The molecule has 7 heteroatoms. The van der Waals surface area contributed by atoms with E-state index in [2.05, 4.69) is 9.98 Å². The largest absolute Gasteiger partial charge is 0.507 e. The van der Waals surface area contributed by atoms with Crippen molar-refractivity contribution < 1.29 is 25.5 Å². The van der Waals surface area contributed by atoms with Crippen LogP contribution >= 0.6 is 0 Å². The number of hydrogen-bond acceptors (Lipinski definition) is 7. The summed E-state index contributed by atoms with van der Waals surface area (Å²) in [5.41, 5.74) is -0.383. The molecule has 24 heavy (non-hydrogen) atoms. The summed E-state index contributed by atoms with van der Waals surface area (Å²) in [5, 5.41) is 47.4. The molecule has 0 spiro atoms. The molecular weight excluding hydrogens is 312 g/mol. The highest BCUT2D eigenvalue weighted by Gasteiger charge is 2.21. The number of hydrogen-bond donors (Lipinski definition) is 5. The van der Waals surface area contributed by atoms with E-state index in [-0.39, 0.29) is 32.2 Å². The molecule has 1 rings (SSSR count). The van der Waals surface area contributed by atoms with E-state index in [1.165, 1.54) is 12.4 Å². The standard InChI is InChI=1S/C17H26N2O5/c1-12-4-13(6-18-16(2,8-20)9-21)15(24)14(5-12)7-19-17(3,10-22)11-23/h4-7,20-24H,8-11H2,1-3H3. The molecule has 0 amide bonds. The lowest BCUT2D eigenvalue weighted by molar-refractivity contribution is 0.136. The quantitative estimate of drug-likeness (QED) is 0.427. The van der Waals surface area contributed by atoms with E-state index in [1.807, 2.05) is 6.92 Å². The molecule has 0 radical (unpaired) electrons. The summed E-state index contributed by atoms with van der Waals surface area (Å²) < 4.78 is 0. The Kier molecular flexibility index (Phi) is 7.04. The number of aliphatic hydroxyl groups is 4. The first kappa shape index (κ1) is 20.2. The Morgan fingerprint density at radius 1 is 0.833 bits per heavy atom. The van der Waals surface area contributed by atoms with Crippen LogP contribution in [0.5, 0.6) is 5.75 Å². The lowest BCUT2D eigenvalue weighted by atomic mass is 10.0. The van der Waals surface area contributed by atoms with Crippen molar-refractivity contribution in [3.05, 3.63) is 28.8 Å². The summed E-state index contributed by atoms with van der Waals surface area (Å²) in [5.74, 6) is -0.0652. The number of nitrogens with zero attached hydrogens (tertiary/aromatic N) is 2. The molecule has 1 aromatic rings. The third kappa shape index (κ3) is 5.10. The normalized spacial score (nSPS) is 13.3. The van der Waals surface area contributed by atoms with Gasteiger partial charge in [0, 0.05) is 23.6 Å². The predicted octanol–water partition coefficient (Wildman–Crippen LogP) is 0.0250. The Labute approximate surface area is 141 Å². The monoisotopic (exact) mass is 338 g/mol. The maximum Gasteiger partial charge on any atom is 0.133 e. The van der Waals surface area contributed by atoms with Crippen molar-refractivity contribution >= 4 is 12.4 Å². The highest BCUT2D eigenvalue weighted by atomic mass is 16.3. The topological polar surface area (TPSA) is 126 Å². The number of phenols is 1. The number of rotatable bonds is 8. The van der Waals surface area contributed by atoms with Crippen LogP contribution in [0.25, 0.3) is 0 Å². The molecule has 0 aliphatic heterocycles. The molecule has 0 saturated heterocycles. The van der Waals surface area contributed by atoms with Gasteiger partial charge in [-0.05, 0) is 38.5 Å². The van der Waals surface area contributed by atoms with Gasteiger partial charge in [-0.1, -0.05) is 0 Å². The minimum atomic E-state index is -1.03. The first-order valence-electron chi connectivity index (χ1n) is 7.60. The molecule has 0 aliphatic carbocycles. The van der Waals surface area contributed by atoms with Crippen molar-refractivity contribution in [3.8, 4) is 5.75 Å². The maximum absolute atomic E-state index is 10.4. The van der Waals surface area contributed by atoms with Crippen LogP contribution in [-0.4, -0.2) is 75.5 Å². The summed E-state index contributed by atoms with van der Waals surface area (Å²) in [7, 11) is 0. The highest BCUT2D eigenvalue weighted by molar-refractivity contribution is 5.92. The molecule has 0 atom stereocenters. The van der Waals surface area contributed by atoms with Crippen molar-refractivity contribution in [2.45, 2.75) is 31.8 Å². The Balaban J connectivity index is 3.22. The van der Waals surface area contributed by atoms with Crippen molar-refractivity contribution in [3.63, 3.8) is 0 Å². The second-order valence-electron chi connectivity index (χ2n) is 6.43. The smallest absolute Gasteiger partial charge is 0.133 e. The second kappa shape index (κ2) is 8.34. The second-order valence-corrected chi connectivity index (χ2v) is 6.43. The first-order valence-corrected chi connectivity index (χ1v) is 7.60. The van der Waals surface area contributed by atoms with Crippen LogP contribution in [0.2, 0.25) is 0 Å². The van der Waals surface area contributed by atoms with Crippen molar-refractivity contribution in [1.29, 1.82) is 0 Å². The zero-order valence-electron chi connectivity index (χ0n) is 14.3. The van der Waals surface area contributed by atoms with Gasteiger partial charge in [-0.15, -0.1) is 0 Å². The van der Waals surface area contributed by atoms with E-state index >= 15 is 0 Å². The Hall–Kier alpha value is -1.80. The van der Waals surface area contributed by atoms with Gasteiger partial charge < -0.3 is 25.5 Å². The molecule has 1 aromatic carbocycles.